The number of piperidine rings is 1. The zero-order valence-corrected chi connectivity index (χ0v) is 14.2. The molecular formula is C16H28N2O5. The van der Waals surface area contributed by atoms with Crippen LogP contribution in [0.4, 0.5) is 0 Å². The lowest BCUT2D eigenvalue weighted by Crippen LogP contribution is -2.48. The van der Waals surface area contributed by atoms with Crippen LogP contribution in [-0.4, -0.2) is 80.5 Å². The summed E-state index contributed by atoms with van der Waals surface area (Å²) in [7, 11) is 1.64. The van der Waals surface area contributed by atoms with E-state index in [1.54, 1.807) is 12.0 Å². The molecule has 7 heteroatoms. The Labute approximate surface area is 137 Å². The van der Waals surface area contributed by atoms with Crippen molar-refractivity contribution in [2.24, 2.45) is 0 Å². The van der Waals surface area contributed by atoms with Crippen molar-refractivity contribution in [2.75, 3.05) is 53.1 Å². The highest BCUT2D eigenvalue weighted by molar-refractivity contribution is 5.78. The molecule has 2 rings (SSSR count). The highest BCUT2D eigenvalue weighted by Gasteiger charge is 2.40. The molecule has 0 unspecified atom stereocenters. The summed E-state index contributed by atoms with van der Waals surface area (Å²) in [6.07, 6.45) is 2.60. The van der Waals surface area contributed by atoms with Gasteiger partial charge in [0.1, 0.15) is 0 Å². The van der Waals surface area contributed by atoms with E-state index in [9.17, 15) is 9.59 Å². The first-order valence-corrected chi connectivity index (χ1v) is 8.36. The second-order valence-electron chi connectivity index (χ2n) is 6.09. The third kappa shape index (κ3) is 5.16. The van der Waals surface area contributed by atoms with Crippen molar-refractivity contribution in [3.05, 3.63) is 0 Å². The Morgan fingerprint density at radius 2 is 1.83 bits per heavy atom. The lowest BCUT2D eigenvalue weighted by Gasteiger charge is -2.37. The average molecular weight is 328 g/mol. The molecule has 2 amide bonds. The summed E-state index contributed by atoms with van der Waals surface area (Å²) in [6.45, 7) is 5.84. The Bertz CT molecular complexity index is 399. The largest absolute Gasteiger partial charge is 0.385 e. The smallest absolute Gasteiger partial charge is 0.224 e. The molecule has 1 spiro atoms. The van der Waals surface area contributed by atoms with E-state index >= 15 is 0 Å². The van der Waals surface area contributed by atoms with Crippen molar-refractivity contribution in [1.29, 1.82) is 0 Å². The summed E-state index contributed by atoms with van der Waals surface area (Å²) in [4.78, 5) is 27.5. The number of hydrogen-bond acceptors (Lipinski definition) is 5. The van der Waals surface area contributed by atoms with Gasteiger partial charge in [-0.15, -0.1) is 0 Å². The third-order valence-corrected chi connectivity index (χ3v) is 4.51. The summed E-state index contributed by atoms with van der Waals surface area (Å²) in [5, 5.41) is 0. The van der Waals surface area contributed by atoms with E-state index in [1.165, 1.54) is 6.92 Å². The van der Waals surface area contributed by atoms with Crippen LogP contribution in [0, 0.1) is 0 Å². The van der Waals surface area contributed by atoms with E-state index < -0.39 is 5.79 Å². The van der Waals surface area contributed by atoms with Gasteiger partial charge in [0.05, 0.1) is 13.2 Å². The van der Waals surface area contributed by atoms with Crippen molar-refractivity contribution >= 4 is 11.8 Å². The molecule has 23 heavy (non-hydrogen) atoms. The highest BCUT2D eigenvalue weighted by Crippen LogP contribution is 2.31. The number of carbonyl (C=O) groups is 2. The van der Waals surface area contributed by atoms with Gasteiger partial charge in [-0.1, -0.05) is 0 Å². The van der Waals surface area contributed by atoms with Gasteiger partial charge in [0, 0.05) is 66.1 Å². The molecule has 2 aliphatic rings. The van der Waals surface area contributed by atoms with Crippen LogP contribution in [0.3, 0.4) is 0 Å². The highest BCUT2D eigenvalue weighted by atomic mass is 16.7. The molecule has 0 aromatic rings. The van der Waals surface area contributed by atoms with Gasteiger partial charge < -0.3 is 24.0 Å². The standard InChI is InChI=1S/C16H28N2O5/c1-14(19)17(7-3-11-21-2)8-4-15(20)18-9-5-16(6-10-18)22-12-13-23-16/h3-13H2,1-2H3. The Morgan fingerprint density at radius 3 is 2.39 bits per heavy atom. The van der Waals surface area contributed by atoms with Crippen molar-refractivity contribution < 1.29 is 23.8 Å². The zero-order chi connectivity index (χ0) is 16.7. The first kappa shape index (κ1) is 18.2. The van der Waals surface area contributed by atoms with Crippen LogP contribution in [0.1, 0.15) is 32.6 Å². The van der Waals surface area contributed by atoms with Gasteiger partial charge in [0.15, 0.2) is 5.79 Å². The number of rotatable bonds is 7. The van der Waals surface area contributed by atoms with Crippen LogP contribution in [0.2, 0.25) is 0 Å². The summed E-state index contributed by atoms with van der Waals surface area (Å²) in [5.74, 6) is -0.363. The Balaban J connectivity index is 1.72. The summed E-state index contributed by atoms with van der Waals surface area (Å²) in [5.41, 5.74) is 0. The van der Waals surface area contributed by atoms with Gasteiger partial charge >= 0.3 is 0 Å². The van der Waals surface area contributed by atoms with Crippen molar-refractivity contribution in [3.8, 4) is 0 Å². The van der Waals surface area contributed by atoms with Gasteiger partial charge in [-0.2, -0.15) is 0 Å². The number of amides is 2. The lowest BCUT2D eigenvalue weighted by atomic mass is 10.0. The van der Waals surface area contributed by atoms with Crippen LogP contribution >= 0.6 is 0 Å². The fourth-order valence-electron chi connectivity index (χ4n) is 3.10. The van der Waals surface area contributed by atoms with Crippen LogP contribution in [0.15, 0.2) is 0 Å². The second kappa shape index (κ2) is 8.61. The second-order valence-corrected chi connectivity index (χ2v) is 6.09. The summed E-state index contributed by atoms with van der Waals surface area (Å²) >= 11 is 0. The van der Waals surface area contributed by atoms with Crippen molar-refractivity contribution in [1.82, 2.24) is 9.80 Å². The Kier molecular flexibility index (Phi) is 6.80. The van der Waals surface area contributed by atoms with E-state index in [0.717, 1.165) is 19.3 Å². The molecule has 2 saturated heterocycles. The predicted octanol–water partition coefficient (Wildman–Crippen LogP) is 0.627. The maximum absolute atomic E-state index is 12.3. The zero-order valence-electron chi connectivity index (χ0n) is 14.2. The number of ether oxygens (including phenoxy) is 3. The normalized spacial score (nSPS) is 20.0. The van der Waals surface area contributed by atoms with Gasteiger partial charge in [-0.25, -0.2) is 0 Å². The maximum atomic E-state index is 12.3. The summed E-state index contributed by atoms with van der Waals surface area (Å²) in [6, 6.07) is 0. The minimum absolute atomic E-state index is 0.000689. The van der Waals surface area contributed by atoms with E-state index in [0.29, 0.717) is 52.4 Å². The fourth-order valence-corrected chi connectivity index (χ4v) is 3.10. The molecule has 0 aromatic heterocycles. The molecule has 0 aromatic carbocycles. The molecule has 0 saturated carbocycles. The molecule has 2 fully saturated rings. The van der Waals surface area contributed by atoms with Crippen molar-refractivity contribution in [3.63, 3.8) is 0 Å². The minimum atomic E-state index is -0.456. The quantitative estimate of drug-likeness (QED) is 0.641. The molecule has 0 aliphatic carbocycles. The van der Waals surface area contributed by atoms with Crippen LogP contribution in [-0.2, 0) is 23.8 Å². The summed E-state index contributed by atoms with van der Waals surface area (Å²) < 4.78 is 16.3. The first-order chi connectivity index (χ1) is 11.1. The van der Waals surface area contributed by atoms with E-state index in [1.807, 2.05) is 4.90 Å². The van der Waals surface area contributed by atoms with Crippen LogP contribution < -0.4 is 0 Å². The van der Waals surface area contributed by atoms with E-state index in [2.05, 4.69) is 0 Å². The monoisotopic (exact) mass is 328 g/mol. The molecule has 2 heterocycles. The first-order valence-electron chi connectivity index (χ1n) is 8.36. The van der Waals surface area contributed by atoms with Crippen molar-refractivity contribution in [2.45, 2.75) is 38.4 Å². The van der Waals surface area contributed by atoms with Crippen LogP contribution in [0.5, 0.6) is 0 Å². The van der Waals surface area contributed by atoms with Crippen LogP contribution in [0.25, 0.3) is 0 Å². The maximum Gasteiger partial charge on any atom is 0.224 e. The molecule has 0 radical (unpaired) electrons. The number of carbonyl (C=O) groups excluding carboxylic acids is 2. The topological polar surface area (TPSA) is 68.3 Å². The molecule has 0 atom stereocenters. The molecular weight excluding hydrogens is 300 g/mol. The lowest BCUT2D eigenvalue weighted by molar-refractivity contribution is -0.187. The van der Waals surface area contributed by atoms with Gasteiger partial charge in [0.25, 0.3) is 0 Å². The molecule has 0 N–H and O–H groups in total. The minimum Gasteiger partial charge on any atom is -0.385 e. The predicted molar refractivity (Wildman–Crippen MR) is 83.8 cm³/mol. The fraction of sp³-hybridized carbons (Fsp3) is 0.875. The molecule has 7 nitrogen and oxygen atoms in total. The Morgan fingerprint density at radius 1 is 1.17 bits per heavy atom. The third-order valence-electron chi connectivity index (χ3n) is 4.51. The average Bonchev–Trinajstić information content (AvgIpc) is 2.99. The van der Waals surface area contributed by atoms with Gasteiger partial charge in [0.2, 0.25) is 11.8 Å². The number of methoxy groups -OCH3 is 1. The van der Waals surface area contributed by atoms with E-state index in [4.69, 9.17) is 14.2 Å². The Hall–Kier alpha value is -1.18. The van der Waals surface area contributed by atoms with Gasteiger partial charge in [-0.3, -0.25) is 9.59 Å². The van der Waals surface area contributed by atoms with E-state index in [-0.39, 0.29) is 11.8 Å². The van der Waals surface area contributed by atoms with Gasteiger partial charge in [-0.05, 0) is 6.42 Å². The number of hydrogen-bond donors (Lipinski definition) is 0. The molecule has 2 aliphatic heterocycles. The molecule has 0 bridgehead atoms. The number of likely N-dealkylation sites (tertiary alicyclic amines) is 1. The number of nitrogens with zero attached hydrogens (tertiary/aromatic N) is 2. The SMILES string of the molecule is COCCCN(CCC(=O)N1CCC2(CC1)OCCO2)C(C)=O. The molecule has 132 valence electrons.